The summed E-state index contributed by atoms with van der Waals surface area (Å²) in [4.78, 5) is 30.5. The molecular formula is C6H7NO5. The van der Waals surface area contributed by atoms with Crippen molar-refractivity contribution in [1.82, 2.24) is 0 Å². The molecule has 0 atom stereocenters. The molecule has 3 N–H and O–H groups in total. The Morgan fingerprint density at radius 2 is 1.58 bits per heavy atom. The Labute approximate surface area is 67.3 Å². The van der Waals surface area contributed by atoms with Gasteiger partial charge < -0.3 is 10.2 Å². The van der Waals surface area contributed by atoms with Crippen LogP contribution in [0.1, 0.15) is 12.8 Å². The second-order valence-electron chi connectivity index (χ2n) is 2.07. The van der Waals surface area contributed by atoms with Crippen LogP contribution >= 0.6 is 0 Å². The molecule has 0 saturated carbocycles. The number of nitrogens with one attached hydrogen (secondary N) is 1. The van der Waals surface area contributed by atoms with Crippen LogP contribution in [-0.4, -0.2) is 33.6 Å². The molecule has 12 heavy (non-hydrogen) atoms. The number of rotatable bonds is 5. The minimum atomic E-state index is -1.51. The van der Waals surface area contributed by atoms with Gasteiger partial charge in [0.25, 0.3) is 0 Å². The van der Waals surface area contributed by atoms with E-state index in [1.165, 1.54) is 0 Å². The van der Waals surface area contributed by atoms with E-state index in [-0.39, 0.29) is 0 Å². The maximum Gasteiger partial charge on any atom is 0.349 e. The maximum absolute atomic E-state index is 10.6. The molecule has 0 aliphatic heterocycles. The van der Waals surface area contributed by atoms with Crippen molar-refractivity contribution in [3.8, 4) is 0 Å². The normalized spacial score (nSPS) is 9.00. The first kappa shape index (κ1) is 10.3. The van der Waals surface area contributed by atoms with Gasteiger partial charge in [-0.3, -0.25) is 15.0 Å². The van der Waals surface area contributed by atoms with Crippen LogP contribution in [0.25, 0.3) is 0 Å². The molecule has 0 bridgehead atoms. The number of Topliss-reactive ketones (excluding diaryl/α,β-unsaturated/α-hetero) is 1. The van der Waals surface area contributed by atoms with Crippen LogP contribution in [0.5, 0.6) is 0 Å². The lowest BCUT2D eigenvalue weighted by molar-refractivity contribution is -0.140. The molecule has 0 aliphatic rings. The molecule has 6 nitrogen and oxygen atoms in total. The number of hydrogen-bond acceptors (Lipinski definition) is 4. The zero-order valence-electron chi connectivity index (χ0n) is 6.03. The van der Waals surface area contributed by atoms with Crippen LogP contribution in [-0.2, 0) is 14.4 Å². The average molecular weight is 173 g/mol. The van der Waals surface area contributed by atoms with Crippen molar-refractivity contribution in [2.24, 2.45) is 0 Å². The SMILES string of the molecule is N=C(CC(=O)CC(=O)O)C(=O)O. The Hall–Kier alpha value is -1.72. The summed E-state index contributed by atoms with van der Waals surface area (Å²) in [5.41, 5.74) is -0.791. The zero-order valence-corrected chi connectivity index (χ0v) is 6.03. The molecule has 0 aromatic rings. The first-order chi connectivity index (χ1) is 5.43. The summed E-state index contributed by atoms with van der Waals surface area (Å²) in [6.07, 6.45) is -1.38. The van der Waals surface area contributed by atoms with Gasteiger partial charge in [0.15, 0.2) is 0 Å². The lowest BCUT2D eigenvalue weighted by Crippen LogP contribution is -2.18. The van der Waals surface area contributed by atoms with Gasteiger partial charge in [0, 0.05) is 0 Å². The monoisotopic (exact) mass is 173 g/mol. The predicted octanol–water partition coefficient (Wildman–Crippen LogP) is -0.475. The predicted molar refractivity (Wildman–Crippen MR) is 37.2 cm³/mol. The van der Waals surface area contributed by atoms with Gasteiger partial charge in [-0.1, -0.05) is 0 Å². The van der Waals surface area contributed by atoms with Crippen molar-refractivity contribution in [1.29, 1.82) is 5.41 Å². The largest absolute Gasteiger partial charge is 0.481 e. The first-order valence-electron chi connectivity index (χ1n) is 2.97. The number of carbonyl (C=O) groups excluding carboxylic acids is 1. The topological polar surface area (TPSA) is 116 Å². The quantitative estimate of drug-likeness (QED) is 0.383. The van der Waals surface area contributed by atoms with Crippen molar-refractivity contribution in [2.75, 3.05) is 0 Å². The highest BCUT2D eigenvalue weighted by atomic mass is 16.4. The van der Waals surface area contributed by atoms with E-state index in [9.17, 15) is 14.4 Å². The van der Waals surface area contributed by atoms with Crippen molar-refractivity contribution in [3.05, 3.63) is 0 Å². The van der Waals surface area contributed by atoms with Gasteiger partial charge in [0.2, 0.25) is 0 Å². The van der Waals surface area contributed by atoms with Gasteiger partial charge in [0.1, 0.15) is 17.9 Å². The first-order valence-corrected chi connectivity index (χ1v) is 2.97. The van der Waals surface area contributed by atoms with Crippen LogP contribution in [0.15, 0.2) is 0 Å². The molecule has 0 aromatic carbocycles. The Bertz CT molecular complexity index is 244. The van der Waals surface area contributed by atoms with E-state index in [1.807, 2.05) is 0 Å². The average Bonchev–Trinajstić information content (AvgIpc) is 1.84. The molecule has 0 heterocycles. The number of carboxylic acid groups (broad SMARTS) is 2. The van der Waals surface area contributed by atoms with Gasteiger partial charge in [-0.15, -0.1) is 0 Å². The van der Waals surface area contributed by atoms with Crippen molar-refractivity contribution < 1.29 is 24.6 Å². The molecule has 0 unspecified atom stereocenters. The molecule has 0 rings (SSSR count). The van der Waals surface area contributed by atoms with E-state index in [4.69, 9.17) is 15.6 Å². The fourth-order valence-corrected chi connectivity index (χ4v) is 0.504. The third-order valence-electron chi connectivity index (χ3n) is 0.980. The van der Waals surface area contributed by atoms with E-state index < -0.39 is 36.3 Å². The molecule has 66 valence electrons. The molecule has 0 radical (unpaired) electrons. The molecule has 0 spiro atoms. The molecule has 0 saturated heterocycles. The van der Waals surface area contributed by atoms with Crippen LogP contribution < -0.4 is 0 Å². The van der Waals surface area contributed by atoms with Gasteiger partial charge in [-0.2, -0.15) is 0 Å². The van der Waals surface area contributed by atoms with Crippen LogP contribution in [0.4, 0.5) is 0 Å². The van der Waals surface area contributed by atoms with Gasteiger partial charge >= 0.3 is 11.9 Å². The van der Waals surface area contributed by atoms with E-state index in [0.717, 1.165) is 0 Å². The fourth-order valence-electron chi connectivity index (χ4n) is 0.504. The summed E-state index contributed by atoms with van der Waals surface area (Å²) in [6, 6.07) is 0. The molecule has 0 aliphatic carbocycles. The van der Waals surface area contributed by atoms with E-state index >= 15 is 0 Å². The fraction of sp³-hybridized carbons (Fsp3) is 0.333. The Kier molecular flexibility index (Phi) is 3.61. The highest BCUT2D eigenvalue weighted by Crippen LogP contribution is 1.92. The Balaban J connectivity index is 3.94. The summed E-state index contributed by atoms with van der Waals surface area (Å²) in [6.45, 7) is 0. The molecule has 0 aromatic heterocycles. The number of carbonyl (C=O) groups is 3. The highest BCUT2D eigenvalue weighted by molar-refractivity contribution is 6.38. The summed E-state index contributed by atoms with van der Waals surface area (Å²) < 4.78 is 0. The summed E-state index contributed by atoms with van der Waals surface area (Å²) in [5, 5.41) is 22.9. The third kappa shape index (κ3) is 4.15. The number of ketones is 1. The lowest BCUT2D eigenvalue weighted by atomic mass is 10.1. The lowest BCUT2D eigenvalue weighted by Gasteiger charge is -1.94. The molecule has 0 amide bonds. The number of hydrogen-bond donors (Lipinski definition) is 3. The van der Waals surface area contributed by atoms with Gasteiger partial charge in [-0.05, 0) is 0 Å². The zero-order chi connectivity index (χ0) is 9.72. The smallest absolute Gasteiger partial charge is 0.349 e. The second kappa shape index (κ2) is 4.22. The Morgan fingerprint density at radius 3 is 1.92 bits per heavy atom. The van der Waals surface area contributed by atoms with E-state index in [1.54, 1.807) is 0 Å². The van der Waals surface area contributed by atoms with E-state index in [0.29, 0.717) is 0 Å². The van der Waals surface area contributed by atoms with Crippen molar-refractivity contribution in [3.63, 3.8) is 0 Å². The number of carboxylic acids is 2. The summed E-state index contributed by atoms with van der Waals surface area (Å²) in [7, 11) is 0. The highest BCUT2D eigenvalue weighted by Gasteiger charge is 2.14. The summed E-state index contributed by atoms with van der Waals surface area (Å²) in [5.74, 6) is -3.61. The molecule has 6 heteroatoms. The van der Waals surface area contributed by atoms with Crippen molar-refractivity contribution >= 4 is 23.4 Å². The van der Waals surface area contributed by atoms with Crippen LogP contribution in [0.2, 0.25) is 0 Å². The Morgan fingerprint density at radius 1 is 1.08 bits per heavy atom. The summed E-state index contributed by atoms with van der Waals surface area (Å²) >= 11 is 0. The minimum Gasteiger partial charge on any atom is -0.481 e. The van der Waals surface area contributed by atoms with Gasteiger partial charge in [-0.25, -0.2) is 4.79 Å². The standard InChI is InChI=1S/C6H7NO5/c7-4(6(11)12)1-3(8)2-5(9)10/h7H,1-2H2,(H,9,10)(H,11,12). The number of aliphatic carboxylic acids is 2. The second-order valence-corrected chi connectivity index (χ2v) is 2.07. The van der Waals surface area contributed by atoms with Crippen LogP contribution in [0, 0.1) is 5.41 Å². The van der Waals surface area contributed by atoms with Crippen molar-refractivity contribution in [2.45, 2.75) is 12.8 Å². The van der Waals surface area contributed by atoms with E-state index in [2.05, 4.69) is 0 Å². The van der Waals surface area contributed by atoms with Gasteiger partial charge in [0.05, 0.1) is 6.42 Å². The molecule has 0 fully saturated rings. The minimum absolute atomic E-state index is 0.637. The third-order valence-corrected chi connectivity index (χ3v) is 0.980. The molecular weight excluding hydrogens is 166 g/mol. The maximum atomic E-state index is 10.6. The van der Waals surface area contributed by atoms with Crippen LogP contribution in [0.3, 0.4) is 0 Å².